The Kier molecular flexibility index (Phi) is 5.38. The van der Waals surface area contributed by atoms with Gasteiger partial charge in [0.2, 0.25) is 5.91 Å². The molecular formula is C16H24N4O2. The van der Waals surface area contributed by atoms with Crippen molar-refractivity contribution in [2.24, 2.45) is 5.73 Å². The molecule has 0 aromatic heterocycles. The van der Waals surface area contributed by atoms with E-state index in [4.69, 9.17) is 5.73 Å². The van der Waals surface area contributed by atoms with Gasteiger partial charge in [0.15, 0.2) is 0 Å². The predicted octanol–water partition coefficient (Wildman–Crippen LogP) is 0.915. The van der Waals surface area contributed by atoms with E-state index in [9.17, 15) is 9.59 Å². The van der Waals surface area contributed by atoms with Crippen LogP contribution in [-0.4, -0.2) is 42.5 Å². The van der Waals surface area contributed by atoms with Crippen molar-refractivity contribution >= 4 is 11.9 Å². The number of nitrogens with zero attached hydrogens (tertiary/aromatic N) is 1. The summed E-state index contributed by atoms with van der Waals surface area (Å²) in [5.74, 6) is 0.0380. The number of aryl methyl sites for hydroxylation is 1. The minimum Gasteiger partial charge on any atom is -0.352 e. The number of rotatable bonds is 4. The molecule has 1 aliphatic heterocycles. The summed E-state index contributed by atoms with van der Waals surface area (Å²) < 4.78 is 0. The monoisotopic (exact) mass is 304 g/mol. The first-order valence-corrected chi connectivity index (χ1v) is 7.60. The molecule has 3 amide bonds. The molecule has 120 valence electrons. The molecule has 0 saturated carbocycles. The Morgan fingerprint density at radius 3 is 2.82 bits per heavy atom. The Morgan fingerprint density at radius 1 is 1.45 bits per heavy atom. The molecule has 6 nitrogen and oxygen atoms in total. The first kappa shape index (κ1) is 16.3. The van der Waals surface area contributed by atoms with E-state index in [2.05, 4.69) is 10.6 Å². The first-order valence-electron chi connectivity index (χ1n) is 7.60. The molecule has 0 aliphatic carbocycles. The zero-order chi connectivity index (χ0) is 16.1. The average Bonchev–Trinajstić information content (AvgIpc) is 2.47. The molecule has 6 heteroatoms. The van der Waals surface area contributed by atoms with Crippen molar-refractivity contribution in [1.82, 2.24) is 15.5 Å². The molecule has 0 spiro atoms. The summed E-state index contributed by atoms with van der Waals surface area (Å²) in [6.45, 7) is 6.27. The Balaban J connectivity index is 2.14. The van der Waals surface area contributed by atoms with E-state index in [0.29, 0.717) is 6.54 Å². The van der Waals surface area contributed by atoms with Crippen LogP contribution in [0.1, 0.15) is 30.5 Å². The number of benzene rings is 1. The second-order valence-corrected chi connectivity index (χ2v) is 5.76. The van der Waals surface area contributed by atoms with Gasteiger partial charge in [0, 0.05) is 25.7 Å². The SMILES string of the molecule is Cc1ccccc1[C@H](CC(=O)N1CCNC[C@@H]1C)NC(N)=O. The lowest BCUT2D eigenvalue weighted by molar-refractivity contribution is -0.134. The summed E-state index contributed by atoms with van der Waals surface area (Å²) in [6.07, 6.45) is 0.220. The zero-order valence-corrected chi connectivity index (χ0v) is 13.1. The molecule has 1 aromatic rings. The van der Waals surface area contributed by atoms with Crippen LogP contribution in [0.5, 0.6) is 0 Å². The number of carbonyl (C=O) groups is 2. The summed E-state index contributed by atoms with van der Waals surface area (Å²) in [5, 5.41) is 5.96. The van der Waals surface area contributed by atoms with Gasteiger partial charge in [-0.2, -0.15) is 0 Å². The molecule has 0 radical (unpaired) electrons. The van der Waals surface area contributed by atoms with E-state index in [1.54, 1.807) is 0 Å². The van der Waals surface area contributed by atoms with E-state index < -0.39 is 12.1 Å². The highest BCUT2D eigenvalue weighted by Crippen LogP contribution is 2.22. The fraction of sp³-hybridized carbons (Fsp3) is 0.500. The third kappa shape index (κ3) is 3.98. The second-order valence-electron chi connectivity index (χ2n) is 5.76. The molecule has 22 heavy (non-hydrogen) atoms. The van der Waals surface area contributed by atoms with E-state index in [0.717, 1.165) is 24.2 Å². The Bertz CT molecular complexity index is 547. The van der Waals surface area contributed by atoms with Crippen LogP contribution in [0.25, 0.3) is 0 Å². The van der Waals surface area contributed by atoms with Gasteiger partial charge >= 0.3 is 6.03 Å². The number of hydrogen-bond donors (Lipinski definition) is 3. The quantitative estimate of drug-likeness (QED) is 0.773. The van der Waals surface area contributed by atoms with Gasteiger partial charge < -0.3 is 21.3 Å². The number of primary amides is 1. The number of carbonyl (C=O) groups excluding carboxylic acids is 2. The van der Waals surface area contributed by atoms with E-state index in [1.165, 1.54) is 0 Å². The lowest BCUT2D eigenvalue weighted by atomic mass is 9.98. The number of nitrogens with one attached hydrogen (secondary N) is 2. The number of hydrogen-bond acceptors (Lipinski definition) is 3. The summed E-state index contributed by atoms with van der Waals surface area (Å²) >= 11 is 0. The first-order chi connectivity index (χ1) is 10.5. The fourth-order valence-electron chi connectivity index (χ4n) is 2.89. The van der Waals surface area contributed by atoms with Crippen LogP contribution in [0, 0.1) is 6.92 Å². The predicted molar refractivity (Wildman–Crippen MR) is 85.3 cm³/mol. The number of nitrogens with two attached hydrogens (primary N) is 1. The standard InChI is InChI=1S/C16H24N4O2/c1-11-5-3-4-6-13(11)14(19-16(17)22)9-15(21)20-8-7-18-10-12(20)2/h3-6,12,14,18H,7-10H2,1-2H3,(H3,17,19,22)/t12-,14-/m0/s1. The molecule has 2 rings (SSSR count). The summed E-state index contributed by atoms with van der Waals surface area (Å²) in [6, 6.07) is 6.86. The van der Waals surface area contributed by atoms with Crippen LogP contribution in [0.15, 0.2) is 24.3 Å². The fourth-order valence-corrected chi connectivity index (χ4v) is 2.89. The van der Waals surface area contributed by atoms with Crippen molar-refractivity contribution in [2.75, 3.05) is 19.6 Å². The van der Waals surface area contributed by atoms with Crippen LogP contribution >= 0.6 is 0 Å². The lowest BCUT2D eigenvalue weighted by Gasteiger charge is -2.35. The van der Waals surface area contributed by atoms with Crippen molar-refractivity contribution in [1.29, 1.82) is 0 Å². The summed E-state index contributed by atoms with van der Waals surface area (Å²) in [7, 11) is 0. The number of amides is 3. The topological polar surface area (TPSA) is 87.5 Å². The Labute approximate surface area is 131 Å². The van der Waals surface area contributed by atoms with E-state index in [-0.39, 0.29) is 18.4 Å². The van der Waals surface area contributed by atoms with Crippen LogP contribution in [-0.2, 0) is 4.79 Å². The molecule has 1 fully saturated rings. The molecule has 0 unspecified atom stereocenters. The van der Waals surface area contributed by atoms with Gasteiger partial charge in [-0.3, -0.25) is 4.79 Å². The number of piperazine rings is 1. The third-order valence-corrected chi connectivity index (χ3v) is 4.08. The van der Waals surface area contributed by atoms with Crippen molar-refractivity contribution < 1.29 is 9.59 Å². The minimum absolute atomic E-state index is 0.0380. The highest BCUT2D eigenvalue weighted by Gasteiger charge is 2.26. The van der Waals surface area contributed by atoms with Crippen molar-refractivity contribution in [3.8, 4) is 0 Å². The summed E-state index contributed by atoms with van der Waals surface area (Å²) in [4.78, 5) is 25.7. The van der Waals surface area contributed by atoms with Gasteiger partial charge in [0.1, 0.15) is 0 Å². The van der Waals surface area contributed by atoms with Crippen LogP contribution in [0.3, 0.4) is 0 Å². The van der Waals surface area contributed by atoms with Crippen molar-refractivity contribution in [3.63, 3.8) is 0 Å². The minimum atomic E-state index is -0.616. The Hall–Kier alpha value is -2.08. The van der Waals surface area contributed by atoms with Gasteiger partial charge in [-0.25, -0.2) is 4.79 Å². The van der Waals surface area contributed by atoms with Gasteiger partial charge in [-0.05, 0) is 25.0 Å². The molecule has 2 atom stereocenters. The molecular weight excluding hydrogens is 280 g/mol. The van der Waals surface area contributed by atoms with Crippen LogP contribution in [0.2, 0.25) is 0 Å². The highest BCUT2D eigenvalue weighted by atomic mass is 16.2. The maximum atomic E-state index is 12.6. The largest absolute Gasteiger partial charge is 0.352 e. The van der Waals surface area contributed by atoms with Crippen molar-refractivity contribution in [2.45, 2.75) is 32.4 Å². The van der Waals surface area contributed by atoms with Gasteiger partial charge in [-0.15, -0.1) is 0 Å². The normalized spacial score (nSPS) is 19.5. The lowest BCUT2D eigenvalue weighted by Crippen LogP contribution is -2.53. The highest BCUT2D eigenvalue weighted by molar-refractivity contribution is 5.79. The smallest absolute Gasteiger partial charge is 0.312 e. The number of urea groups is 1. The maximum Gasteiger partial charge on any atom is 0.312 e. The molecule has 1 aliphatic rings. The third-order valence-electron chi connectivity index (χ3n) is 4.08. The van der Waals surface area contributed by atoms with Gasteiger partial charge in [-0.1, -0.05) is 24.3 Å². The molecule has 1 saturated heterocycles. The molecule has 1 heterocycles. The second kappa shape index (κ2) is 7.26. The van der Waals surface area contributed by atoms with Gasteiger partial charge in [0.25, 0.3) is 0 Å². The van der Waals surface area contributed by atoms with Crippen molar-refractivity contribution in [3.05, 3.63) is 35.4 Å². The summed E-state index contributed by atoms with van der Waals surface area (Å²) in [5.41, 5.74) is 7.24. The van der Waals surface area contributed by atoms with Crippen LogP contribution in [0.4, 0.5) is 4.79 Å². The molecule has 0 bridgehead atoms. The zero-order valence-electron chi connectivity index (χ0n) is 13.1. The maximum absolute atomic E-state index is 12.6. The van der Waals surface area contributed by atoms with E-state index >= 15 is 0 Å². The Morgan fingerprint density at radius 2 is 2.18 bits per heavy atom. The van der Waals surface area contributed by atoms with E-state index in [1.807, 2.05) is 43.0 Å². The molecule has 4 N–H and O–H groups in total. The van der Waals surface area contributed by atoms with Gasteiger partial charge in [0.05, 0.1) is 12.5 Å². The molecule has 1 aromatic carbocycles. The average molecular weight is 304 g/mol. The van der Waals surface area contributed by atoms with Crippen LogP contribution < -0.4 is 16.4 Å².